The largest absolute Gasteiger partial charge is 0.436 e. The van der Waals surface area contributed by atoms with E-state index in [-0.39, 0.29) is 5.54 Å². The lowest BCUT2D eigenvalue weighted by Crippen LogP contribution is -2.49. The Bertz CT molecular complexity index is 853. The summed E-state index contributed by atoms with van der Waals surface area (Å²) in [5.41, 5.74) is 3.42. The Kier molecular flexibility index (Phi) is 3.60. The van der Waals surface area contributed by atoms with Crippen molar-refractivity contribution in [2.24, 2.45) is 0 Å². The van der Waals surface area contributed by atoms with Gasteiger partial charge in [0.1, 0.15) is 5.52 Å². The molecular weight excluding hydrogens is 312 g/mol. The number of nitrogens with zero attached hydrogens (tertiary/aromatic N) is 1. The standard InChI is InChI=1S/C18H17ClN2O2/c1-18(11-22-8-7-20-18)13-4-2-3-12(9-13)17-21-15-6-5-14(19)10-16(15)23-17/h2-6,9-10,20H,7-8,11H2,1H3. The first kappa shape index (κ1) is 14.7. The monoisotopic (exact) mass is 328 g/mol. The predicted octanol–water partition coefficient (Wildman–Crippen LogP) is 3.98. The molecule has 1 aliphatic heterocycles. The minimum atomic E-state index is -0.191. The zero-order chi connectivity index (χ0) is 15.9. The van der Waals surface area contributed by atoms with Crippen LogP contribution in [0.4, 0.5) is 0 Å². The SMILES string of the molecule is CC1(c2cccc(-c3nc4ccc(Cl)cc4o3)c2)COCCN1. The molecule has 4 rings (SSSR count). The summed E-state index contributed by atoms with van der Waals surface area (Å²) >= 11 is 6.01. The van der Waals surface area contributed by atoms with Crippen LogP contribution in [-0.4, -0.2) is 24.7 Å². The molecule has 1 aliphatic rings. The number of halogens is 1. The molecule has 3 aromatic rings. The van der Waals surface area contributed by atoms with Gasteiger partial charge in [-0.3, -0.25) is 0 Å². The molecule has 4 nitrogen and oxygen atoms in total. The van der Waals surface area contributed by atoms with Crippen molar-refractivity contribution < 1.29 is 9.15 Å². The summed E-state index contributed by atoms with van der Waals surface area (Å²) in [6.07, 6.45) is 0. The number of fused-ring (bicyclic) bond motifs is 1. The van der Waals surface area contributed by atoms with Crippen molar-refractivity contribution in [2.45, 2.75) is 12.5 Å². The van der Waals surface area contributed by atoms with Crippen molar-refractivity contribution in [1.29, 1.82) is 0 Å². The van der Waals surface area contributed by atoms with Crippen LogP contribution in [0.5, 0.6) is 0 Å². The zero-order valence-electron chi connectivity index (χ0n) is 12.8. The first-order valence-electron chi connectivity index (χ1n) is 7.64. The number of hydrogen-bond donors (Lipinski definition) is 1. The highest BCUT2D eigenvalue weighted by Gasteiger charge is 2.29. The second-order valence-corrected chi connectivity index (χ2v) is 6.46. The molecule has 1 fully saturated rings. The van der Waals surface area contributed by atoms with Gasteiger partial charge in [0.05, 0.1) is 18.8 Å². The average molecular weight is 329 g/mol. The number of rotatable bonds is 2. The third-order valence-corrected chi connectivity index (χ3v) is 4.48. The van der Waals surface area contributed by atoms with Crippen LogP contribution < -0.4 is 5.32 Å². The molecule has 2 aromatic carbocycles. The molecule has 1 aromatic heterocycles. The van der Waals surface area contributed by atoms with Gasteiger partial charge in [0, 0.05) is 23.2 Å². The van der Waals surface area contributed by atoms with Gasteiger partial charge < -0.3 is 14.5 Å². The molecule has 1 atom stereocenters. The molecule has 2 heterocycles. The van der Waals surface area contributed by atoms with Crippen LogP contribution in [0, 0.1) is 0 Å². The second-order valence-electron chi connectivity index (χ2n) is 6.02. The van der Waals surface area contributed by atoms with Crippen molar-refractivity contribution in [3.63, 3.8) is 0 Å². The van der Waals surface area contributed by atoms with Crippen molar-refractivity contribution in [3.05, 3.63) is 53.1 Å². The Morgan fingerprint density at radius 3 is 2.96 bits per heavy atom. The van der Waals surface area contributed by atoms with Crippen LogP contribution in [0.3, 0.4) is 0 Å². The maximum atomic E-state index is 6.01. The molecule has 23 heavy (non-hydrogen) atoms. The maximum absolute atomic E-state index is 6.01. The van der Waals surface area contributed by atoms with Gasteiger partial charge in [-0.1, -0.05) is 23.7 Å². The number of benzene rings is 2. The van der Waals surface area contributed by atoms with E-state index in [0.29, 0.717) is 23.1 Å². The number of aromatic nitrogens is 1. The van der Waals surface area contributed by atoms with Crippen molar-refractivity contribution in [1.82, 2.24) is 10.3 Å². The third-order valence-electron chi connectivity index (χ3n) is 4.25. The Balaban J connectivity index is 1.75. The minimum absolute atomic E-state index is 0.191. The van der Waals surface area contributed by atoms with E-state index in [1.807, 2.05) is 24.3 Å². The molecule has 5 heteroatoms. The van der Waals surface area contributed by atoms with Crippen LogP contribution in [0.2, 0.25) is 5.02 Å². The van der Waals surface area contributed by atoms with Crippen molar-refractivity contribution in [2.75, 3.05) is 19.8 Å². The number of hydrogen-bond acceptors (Lipinski definition) is 4. The lowest BCUT2D eigenvalue weighted by Gasteiger charge is -2.35. The van der Waals surface area contributed by atoms with Gasteiger partial charge in [-0.05, 0) is 36.8 Å². The summed E-state index contributed by atoms with van der Waals surface area (Å²) in [4.78, 5) is 4.56. The normalized spacial score (nSPS) is 21.7. The van der Waals surface area contributed by atoms with E-state index in [0.717, 1.165) is 29.8 Å². The van der Waals surface area contributed by atoms with E-state index in [9.17, 15) is 0 Å². The Morgan fingerprint density at radius 1 is 1.22 bits per heavy atom. The van der Waals surface area contributed by atoms with Gasteiger partial charge in [-0.25, -0.2) is 4.98 Å². The van der Waals surface area contributed by atoms with Gasteiger partial charge in [0.15, 0.2) is 5.58 Å². The highest BCUT2D eigenvalue weighted by atomic mass is 35.5. The van der Waals surface area contributed by atoms with Gasteiger partial charge in [0.25, 0.3) is 0 Å². The lowest BCUT2D eigenvalue weighted by molar-refractivity contribution is 0.0339. The second kappa shape index (κ2) is 5.64. The van der Waals surface area contributed by atoms with E-state index >= 15 is 0 Å². The fraction of sp³-hybridized carbons (Fsp3) is 0.278. The first-order chi connectivity index (χ1) is 11.1. The fourth-order valence-electron chi connectivity index (χ4n) is 2.93. The highest BCUT2D eigenvalue weighted by molar-refractivity contribution is 6.31. The fourth-order valence-corrected chi connectivity index (χ4v) is 3.09. The summed E-state index contributed by atoms with van der Waals surface area (Å²) in [5, 5.41) is 4.17. The van der Waals surface area contributed by atoms with Crippen LogP contribution in [-0.2, 0) is 10.3 Å². The van der Waals surface area contributed by atoms with E-state index in [2.05, 4.69) is 29.4 Å². The summed E-state index contributed by atoms with van der Waals surface area (Å²) in [7, 11) is 0. The van der Waals surface area contributed by atoms with Gasteiger partial charge in [-0.15, -0.1) is 0 Å². The summed E-state index contributed by atoms with van der Waals surface area (Å²) in [5.74, 6) is 0.601. The van der Waals surface area contributed by atoms with Crippen LogP contribution in [0.1, 0.15) is 12.5 Å². The third kappa shape index (κ3) is 2.74. The molecule has 118 valence electrons. The Hall–Kier alpha value is -1.88. The summed E-state index contributed by atoms with van der Waals surface area (Å²) in [6.45, 7) is 4.40. The lowest BCUT2D eigenvalue weighted by atomic mass is 9.90. The molecule has 1 N–H and O–H groups in total. The van der Waals surface area contributed by atoms with Crippen LogP contribution in [0.25, 0.3) is 22.6 Å². The molecule has 0 radical (unpaired) electrons. The maximum Gasteiger partial charge on any atom is 0.227 e. The van der Waals surface area contributed by atoms with E-state index in [4.69, 9.17) is 20.8 Å². The average Bonchev–Trinajstić information content (AvgIpc) is 2.99. The topological polar surface area (TPSA) is 47.3 Å². The number of morpholine rings is 1. The molecular formula is C18H17ClN2O2. The van der Waals surface area contributed by atoms with Crippen LogP contribution in [0.15, 0.2) is 46.9 Å². The Morgan fingerprint density at radius 2 is 2.13 bits per heavy atom. The van der Waals surface area contributed by atoms with Crippen molar-refractivity contribution >= 4 is 22.7 Å². The first-order valence-corrected chi connectivity index (χ1v) is 8.02. The quantitative estimate of drug-likeness (QED) is 0.773. The van der Waals surface area contributed by atoms with E-state index < -0.39 is 0 Å². The number of ether oxygens (including phenoxy) is 1. The predicted molar refractivity (Wildman–Crippen MR) is 90.6 cm³/mol. The summed E-state index contributed by atoms with van der Waals surface area (Å²) < 4.78 is 11.5. The van der Waals surface area contributed by atoms with Crippen LogP contribution >= 0.6 is 11.6 Å². The van der Waals surface area contributed by atoms with Gasteiger partial charge >= 0.3 is 0 Å². The molecule has 0 bridgehead atoms. The Labute approximate surface area is 139 Å². The molecule has 0 amide bonds. The highest BCUT2D eigenvalue weighted by Crippen LogP contribution is 2.30. The molecule has 1 unspecified atom stereocenters. The van der Waals surface area contributed by atoms with Gasteiger partial charge in [-0.2, -0.15) is 0 Å². The smallest absolute Gasteiger partial charge is 0.227 e. The van der Waals surface area contributed by atoms with E-state index in [1.54, 1.807) is 6.07 Å². The zero-order valence-corrected chi connectivity index (χ0v) is 13.6. The molecule has 0 spiro atoms. The van der Waals surface area contributed by atoms with Gasteiger partial charge in [0.2, 0.25) is 5.89 Å². The summed E-state index contributed by atoms with van der Waals surface area (Å²) in [6, 6.07) is 13.7. The van der Waals surface area contributed by atoms with Crippen molar-refractivity contribution in [3.8, 4) is 11.5 Å². The number of nitrogens with one attached hydrogen (secondary N) is 1. The molecule has 0 aliphatic carbocycles. The van der Waals surface area contributed by atoms with E-state index in [1.165, 1.54) is 0 Å². The minimum Gasteiger partial charge on any atom is -0.436 e. The molecule has 0 saturated carbocycles. The molecule has 1 saturated heterocycles. The number of oxazole rings is 1.